The van der Waals surface area contributed by atoms with E-state index >= 15 is 0 Å². The Morgan fingerprint density at radius 2 is 1.81 bits per heavy atom. The van der Waals surface area contributed by atoms with Crippen LogP contribution in [0.3, 0.4) is 0 Å². The van der Waals surface area contributed by atoms with Crippen molar-refractivity contribution < 1.29 is 32.6 Å². The first kappa shape index (κ1) is 24.9. The maximum Gasteiger partial charge on any atom is 0.417 e. The highest BCUT2D eigenvalue weighted by Crippen LogP contribution is 2.46. The topological polar surface area (TPSA) is 91.8 Å². The fourth-order valence-electron chi connectivity index (χ4n) is 4.28. The minimum atomic E-state index is -4.67. The van der Waals surface area contributed by atoms with Crippen LogP contribution in [-0.4, -0.2) is 41.2 Å². The maximum absolute atomic E-state index is 13.5. The minimum absolute atomic E-state index is 0.0996. The fraction of sp³-hybridized carbons (Fsp3) is 0.269. The molecular weight excluding hydrogens is 511 g/mol. The predicted octanol–water partition coefficient (Wildman–Crippen LogP) is 5.14. The van der Waals surface area contributed by atoms with Crippen LogP contribution in [0.1, 0.15) is 44.7 Å². The van der Waals surface area contributed by atoms with Crippen molar-refractivity contribution >= 4 is 29.3 Å². The van der Waals surface area contributed by atoms with Crippen LogP contribution in [0, 0.1) is 0 Å². The van der Waals surface area contributed by atoms with E-state index in [0.29, 0.717) is 42.3 Å². The van der Waals surface area contributed by atoms with Crippen LogP contribution >= 0.6 is 11.6 Å². The van der Waals surface area contributed by atoms with E-state index in [9.17, 15) is 22.8 Å². The number of carboxylic acids is 1. The molecule has 3 aromatic rings. The van der Waals surface area contributed by atoms with E-state index in [4.69, 9.17) is 21.4 Å². The van der Waals surface area contributed by atoms with Gasteiger partial charge in [-0.1, -0.05) is 29.8 Å². The summed E-state index contributed by atoms with van der Waals surface area (Å²) < 4.78 is 46.2. The zero-order valence-corrected chi connectivity index (χ0v) is 20.0. The van der Waals surface area contributed by atoms with Gasteiger partial charge in [0.25, 0.3) is 5.91 Å². The average Bonchev–Trinajstić information content (AvgIpc) is 3.61. The van der Waals surface area contributed by atoms with Gasteiger partial charge in [0.15, 0.2) is 0 Å². The van der Waals surface area contributed by atoms with Crippen molar-refractivity contribution in [2.75, 3.05) is 18.0 Å². The summed E-state index contributed by atoms with van der Waals surface area (Å²) >= 11 is 5.98. The molecule has 1 saturated carbocycles. The molecule has 7 nitrogen and oxygen atoms in total. The van der Waals surface area contributed by atoms with Crippen molar-refractivity contribution in [2.45, 2.75) is 30.7 Å². The van der Waals surface area contributed by atoms with E-state index in [1.165, 1.54) is 12.1 Å². The molecule has 11 heteroatoms. The summed E-state index contributed by atoms with van der Waals surface area (Å²) in [7, 11) is 0. The number of aromatic carboxylic acids is 1. The Bertz CT molecular complexity index is 1350. The minimum Gasteiger partial charge on any atom is -0.487 e. The Morgan fingerprint density at radius 1 is 1.11 bits per heavy atom. The van der Waals surface area contributed by atoms with E-state index in [-0.39, 0.29) is 23.0 Å². The first-order valence-electron chi connectivity index (χ1n) is 11.4. The molecule has 1 amide bonds. The Morgan fingerprint density at radius 3 is 2.41 bits per heavy atom. The van der Waals surface area contributed by atoms with Crippen molar-refractivity contribution in [3.05, 3.63) is 88.1 Å². The van der Waals surface area contributed by atoms with E-state index in [0.717, 1.165) is 12.3 Å². The third kappa shape index (κ3) is 5.20. The zero-order valence-electron chi connectivity index (χ0n) is 19.3. The largest absolute Gasteiger partial charge is 0.487 e. The molecule has 0 radical (unpaired) electrons. The lowest BCUT2D eigenvalue weighted by Crippen LogP contribution is -2.55. The standard InChI is InChI=1S/C26H21ClF3N3O4/c27-18-2-1-3-19(11-18)37-20-13-33(14-20)22-21(10-17(12-31-22)26(28,29)30)23(34)32-25(8-9-25)16-6-4-15(5-7-16)24(35)36/h1-7,10-12,20H,8-9,13-14H2,(H,32,34)(H,35,36). The molecule has 0 spiro atoms. The highest BCUT2D eigenvalue weighted by atomic mass is 35.5. The summed E-state index contributed by atoms with van der Waals surface area (Å²) in [4.78, 5) is 30.1. The fourth-order valence-corrected chi connectivity index (χ4v) is 4.46. The first-order chi connectivity index (χ1) is 17.5. The molecule has 1 aliphatic heterocycles. The highest BCUT2D eigenvalue weighted by Gasteiger charge is 2.46. The number of nitrogens with zero attached hydrogens (tertiary/aromatic N) is 2. The summed E-state index contributed by atoms with van der Waals surface area (Å²) in [5, 5.41) is 12.5. The molecule has 2 fully saturated rings. The van der Waals surface area contributed by atoms with Crippen LogP contribution in [0.25, 0.3) is 0 Å². The summed E-state index contributed by atoms with van der Waals surface area (Å²) in [6.07, 6.45) is -3.05. The number of rotatable bonds is 7. The van der Waals surface area contributed by atoms with Gasteiger partial charge < -0.3 is 20.1 Å². The predicted molar refractivity (Wildman–Crippen MR) is 129 cm³/mol. The molecule has 1 aromatic heterocycles. The van der Waals surface area contributed by atoms with Gasteiger partial charge in [-0.3, -0.25) is 4.79 Å². The molecule has 2 N–H and O–H groups in total. The van der Waals surface area contributed by atoms with Crippen LogP contribution in [0.4, 0.5) is 19.0 Å². The molecule has 1 saturated heterocycles. The molecule has 0 bridgehead atoms. The van der Waals surface area contributed by atoms with Crippen molar-refractivity contribution in [1.82, 2.24) is 10.3 Å². The van der Waals surface area contributed by atoms with E-state index in [1.807, 2.05) is 0 Å². The maximum atomic E-state index is 13.5. The number of benzene rings is 2. The van der Waals surface area contributed by atoms with Crippen LogP contribution in [0.2, 0.25) is 5.02 Å². The highest BCUT2D eigenvalue weighted by molar-refractivity contribution is 6.30. The van der Waals surface area contributed by atoms with Gasteiger partial charge in [-0.25, -0.2) is 9.78 Å². The summed E-state index contributed by atoms with van der Waals surface area (Å²) in [6, 6.07) is 13.8. The number of ether oxygens (including phenoxy) is 1. The van der Waals surface area contributed by atoms with Gasteiger partial charge in [-0.2, -0.15) is 13.2 Å². The summed E-state index contributed by atoms with van der Waals surface area (Å²) in [5.74, 6) is -1.06. The number of hydrogen-bond acceptors (Lipinski definition) is 5. The van der Waals surface area contributed by atoms with E-state index in [2.05, 4.69) is 10.3 Å². The van der Waals surface area contributed by atoms with Crippen molar-refractivity contribution in [3.63, 3.8) is 0 Å². The number of aromatic nitrogens is 1. The van der Waals surface area contributed by atoms with Gasteiger partial charge in [0.2, 0.25) is 0 Å². The van der Waals surface area contributed by atoms with Crippen molar-refractivity contribution in [3.8, 4) is 5.75 Å². The molecule has 0 atom stereocenters. The van der Waals surface area contributed by atoms with Crippen LogP contribution < -0.4 is 15.0 Å². The molecule has 0 unspecified atom stereocenters. The second-order valence-electron chi connectivity index (χ2n) is 9.11. The molecule has 5 rings (SSSR count). The van der Waals surface area contributed by atoms with Gasteiger partial charge in [0, 0.05) is 11.2 Å². The quantitative estimate of drug-likeness (QED) is 0.439. The molecule has 37 heavy (non-hydrogen) atoms. The lowest BCUT2D eigenvalue weighted by atomic mass is 10.0. The lowest BCUT2D eigenvalue weighted by Gasteiger charge is -2.40. The van der Waals surface area contributed by atoms with E-state index in [1.54, 1.807) is 41.3 Å². The van der Waals surface area contributed by atoms with Gasteiger partial charge in [0.1, 0.15) is 17.7 Å². The molecule has 2 aromatic carbocycles. The first-order valence-corrected chi connectivity index (χ1v) is 11.8. The summed E-state index contributed by atoms with van der Waals surface area (Å²) in [5.41, 5.74) is -1.20. The number of carbonyl (C=O) groups excluding carboxylic acids is 1. The van der Waals surface area contributed by atoms with Crippen molar-refractivity contribution in [2.24, 2.45) is 0 Å². The summed E-state index contributed by atoms with van der Waals surface area (Å²) in [6.45, 7) is 0.653. The van der Waals surface area contributed by atoms with Gasteiger partial charge >= 0.3 is 12.1 Å². The number of halogens is 4. The molecule has 2 aliphatic rings. The molecular formula is C26H21ClF3N3O4. The third-order valence-electron chi connectivity index (χ3n) is 6.47. The number of anilines is 1. The normalized spacial score (nSPS) is 16.6. The number of carboxylic acid groups (broad SMARTS) is 1. The Balaban J connectivity index is 1.36. The van der Waals surface area contributed by atoms with Gasteiger partial charge in [-0.15, -0.1) is 0 Å². The molecule has 192 valence electrons. The number of amides is 1. The Kier molecular flexibility index (Phi) is 6.23. The Labute approximate surface area is 214 Å². The van der Waals surface area contributed by atoms with Gasteiger partial charge in [0.05, 0.1) is 35.3 Å². The van der Waals surface area contributed by atoms with E-state index < -0.39 is 29.2 Å². The monoisotopic (exact) mass is 531 g/mol. The number of carbonyl (C=O) groups is 2. The average molecular weight is 532 g/mol. The third-order valence-corrected chi connectivity index (χ3v) is 6.71. The molecule has 2 heterocycles. The lowest BCUT2D eigenvalue weighted by molar-refractivity contribution is -0.137. The Hall–Kier alpha value is -3.79. The second kappa shape index (κ2) is 9.26. The zero-order chi connectivity index (χ0) is 26.4. The van der Waals surface area contributed by atoms with Crippen LogP contribution in [-0.2, 0) is 11.7 Å². The smallest absolute Gasteiger partial charge is 0.417 e. The number of hydrogen-bond donors (Lipinski definition) is 2. The SMILES string of the molecule is O=C(O)c1ccc(C2(NC(=O)c3cc(C(F)(F)F)cnc3N3CC(Oc4cccc(Cl)c4)C3)CC2)cc1. The van der Waals surface area contributed by atoms with Crippen molar-refractivity contribution in [1.29, 1.82) is 0 Å². The number of alkyl halides is 3. The number of nitrogens with one attached hydrogen (secondary N) is 1. The van der Waals surface area contributed by atoms with Crippen LogP contribution in [0.15, 0.2) is 60.8 Å². The second-order valence-corrected chi connectivity index (χ2v) is 9.55. The number of pyridine rings is 1. The van der Waals surface area contributed by atoms with Crippen LogP contribution in [0.5, 0.6) is 5.75 Å². The van der Waals surface area contributed by atoms with Gasteiger partial charge in [-0.05, 0) is 54.8 Å². The molecule has 1 aliphatic carbocycles.